The fraction of sp³-hybridized carbons (Fsp3) is 0.375. The zero-order valence-electron chi connectivity index (χ0n) is 7.49. The number of nitrogens with zero attached hydrogens (tertiary/aromatic N) is 2. The maximum atomic E-state index is 11.5. The van der Waals surface area contributed by atoms with Crippen molar-refractivity contribution >= 4 is 5.91 Å². The van der Waals surface area contributed by atoms with Gasteiger partial charge in [-0.25, -0.2) is 4.98 Å². The molecular formula is C8H10N4O2. The Morgan fingerprint density at radius 1 is 1.64 bits per heavy atom. The summed E-state index contributed by atoms with van der Waals surface area (Å²) in [5.41, 5.74) is 4.86. The molecular weight excluding hydrogens is 184 g/mol. The summed E-state index contributed by atoms with van der Waals surface area (Å²) in [6.07, 6.45) is 0. The van der Waals surface area contributed by atoms with Crippen LogP contribution in [0.3, 0.4) is 0 Å². The number of fused-ring (bicyclic) bond motifs is 1. The van der Waals surface area contributed by atoms with Gasteiger partial charge in [0.15, 0.2) is 0 Å². The van der Waals surface area contributed by atoms with E-state index in [9.17, 15) is 9.59 Å². The lowest BCUT2D eigenvalue weighted by molar-refractivity contribution is 0.0994. The molecule has 1 aliphatic heterocycles. The first-order valence-corrected chi connectivity index (χ1v) is 4.30. The summed E-state index contributed by atoms with van der Waals surface area (Å²) < 4.78 is 1.54. The van der Waals surface area contributed by atoms with Gasteiger partial charge in [-0.2, -0.15) is 0 Å². The van der Waals surface area contributed by atoms with Crippen molar-refractivity contribution in [3.8, 4) is 0 Å². The molecule has 0 radical (unpaired) electrons. The summed E-state index contributed by atoms with van der Waals surface area (Å²) in [5, 5.41) is 3.06. The maximum absolute atomic E-state index is 11.5. The molecule has 0 unspecified atom stereocenters. The molecule has 0 atom stereocenters. The maximum Gasteiger partial charge on any atom is 0.267 e. The number of carbonyl (C=O) groups excluding carboxylic acids is 1. The number of aromatic nitrogens is 2. The summed E-state index contributed by atoms with van der Waals surface area (Å²) in [6, 6.07) is 1.18. The van der Waals surface area contributed by atoms with Crippen LogP contribution in [0.5, 0.6) is 0 Å². The van der Waals surface area contributed by atoms with Crippen LogP contribution in [0.4, 0.5) is 0 Å². The van der Waals surface area contributed by atoms with E-state index in [0.717, 1.165) is 6.54 Å². The Morgan fingerprint density at radius 3 is 3.14 bits per heavy atom. The summed E-state index contributed by atoms with van der Waals surface area (Å²) in [6.45, 7) is 1.82. The smallest absolute Gasteiger partial charge is 0.267 e. The van der Waals surface area contributed by atoms with Crippen molar-refractivity contribution in [3.63, 3.8) is 0 Å². The molecule has 0 saturated heterocycles. The molecule has 2 rings (SSSR count). The normalized spacial score (nSPS) is 14.9. The van der Waals surface area contributed by atoms with E-state index >= 15 is 0 Å². The quantitative estimate of drug-likeness (QED) is 0.566. The average molecular weight is 194 g/mol. The fourth-order valence-corrected chi connectivity index (χ4v) is 1.45. The minimum atomic E-state index is -0.670. The lowest BCUT2D eigenvalue weighted by Gasteiger charge is -2.18. The standard InChI is InChI=1S/C8H10N4O2/c9-8(14)5-3-7(13)12-2-1-10-4-6(12)11-5/h3,10H,1-2,4H2,(H2,9,14). The third kappa shape index (κ3) is 1.39. The molecule has 0 bridgehead atoms. The molecule has 14 heavy (non-hydrogen) atoms. The SMILES string of the molecule is NC(=O)c1cc(=O)n2c(n1)CNCC2. The van der Waals surface area contributed by atoms with Gasteiger partial charge >= 0.3 is 0 Å². The first-order valence-electron chi connectivity index (χ1n) is 4.30. The second kappa shape index (κ2) is 3.22. The first-order chi connectivity index (χ1) is 6.68. The highest BCUT2D eigenvalue weighted by Crippen LogP contribution is 1.99. The zero-order valence-corrected chi connectivity index (χ0v) is 7.49. The number of amides is 1. The highest BCUT2D eigenvalue weighted by Gasteiger charge is 2.14. The van der Waals surface area contributed by atoms with E-state index in [1.165, 1.54) is 6.07 Å². The van der Waals surface area contributed by atoms with Gasteiger partial charge in [0, 0.05) is 19.2 Å². The fourth-order valence-electron chi connectivity index (χ4n) is 1.45. The molecule has 1 aromatic heterocycles. The van der Waals surface area contributed by atoms with E-state index in [2.05, 4.69) is 10.3 Å². The van der Waals surface area contributed by atoms with E-state index < -0.39 is 5.91 Å². The van der Waals surface area contributed by atoms with Crippen LogP contribution in [0.15, 0.2) is 10.9 Å². The third-order valence-electron chi connectivity index (χ3n) is 2.14. The molecule has 6 nitrogen and oxygen atoms in total. The van der Waals surface area contributed by atoms with Crippen LogP contribution in [0, 0.1) is 0 Å². The van der Waals surface area contributed by atoms with E-state index in [4.69, 9.17) is 5.73 Å². The zero-order chi connectivity index (χ0) is 10.1. The van der Waals surface area contributed by atoms with Gasteiger partial charge in [0.05, 0.1) is 6.54 Å². The number of hydrogen-bond acceptors (Lipinski definition) is 4. The van der Waals surface area contributed by atoms with Gasteiger partial charge in [-0.15, -0.1) is 0 Å². The molecule has 1 amide bonds. The van der Waals surface area contributed by atoms with Gasteiger partial charge in [-0.1, -0.05) is 0 Å². The molecule has 0 saturated carbocycles. The predicted octanol–water partition coefficient (Wildman–Crippen LogP) is -1.55. The van der Waals surface area contributed by atoms with Crippen LogP contribution in [0.1, 0.15) is 16.3 Å². The van der Waals surface area contributed by atoms with Crippen molar-refractivity contribution in [3.05, 3.63) is 27.9 Å². The Kier molecular flexibility index (Phi) is 2.05. The largest absolute Gasteiger partial charge is 0.364 e. The molecule has 0 aliphatic carbocycles. The van der Waals surface area contributed by atoms with Crippen molar-refractivity contribution in [1.29, 1.82) is 0 Å². The van der Waals surface area contributed by atoms with Crippen molar-refractivity contribution in [2.45, 2.75) is 13.1 Å². The minimum Gasteiger partial charge on any atom is -0.364 e. The molecule has 2 heterocycles. The molecule has 3 N–H and O–H groups in total. The van der Waals surface area contributed by atoms with Crippen LogP contribution >= 0.6 is 0 Å². The van der Waals surface area contributed by atoms with Gasteiger partial charge in [-0.05, 0) is 0 Å². The van der Waals surface area contributed by atoms with Gasteiger partial charge in [0.1, 0.15) is 11.5 Å². The Bertz CT molecular complexity index is 437. The molecule has 0 aromatic carbocycles. The van der Waals surface area contributed by atoms with Gasteiger partial charge in [0.2, 0.25) is 0 Å². The number of carbonyl (C=O) groups is 1. The topological polar surface area (TPSA) is 90.0 Å². The Hall–Kier alpha value is -1.69. The van der Waals surface area contributed by atoms with Gasteiger partial charge < -0.3 is 11.1 Å². The third-order valence-corrected chi connectivity index (χ3v) is 2.14. The molecule has 74 valence electrons. The summed E-state index contributed by atoms with van der Waals surface area (Å²) in [4.78, 5) is 26.3. The van der Waals surface area contributed by atoms with E-state index in [1.54, 1.807) is 4.57 Å². The number of nitrogens with one attached hydrogen (secondary N) is 1. The lowest BCUT2D eigenvalue weighted by atomic mass is 10.3. The monoisotopic (exact) mass is 194 g/mol. The highest BCUT2D eigenvalue weighted by molar-refractivity contribution is 5.90. The average Bonchev–Trinajstić information content (AvgIpc) is 2.17. The Balaban J connectivity index is 2.57. The predicted molar refractivity (Wildman–Crippen MR) is 48.7 cm³/mol. The van der Waals surface area contributed by atoms with Crippen molar-refractivity contribution in [2.24, 2.45) is 5.73 Å². The van der Waals surface area contributed by atoms with Gasteiger partial charge in [-0.3, -0.25) is 14.2 Å². The molecule has 1 aliphatic rings. The van der Waals surface area contributed by atoms with Crippen molar-refractivity contribution in [1.82, 2.24) is 14.9 Å². The minimum absolute atomic E-state index is 0.0324. The summed E-state index contributed by atoms with van der Waals surface area (Å²) >= 11 is 0. The second-order valence-electron chi connectivity index (χ2n) is 3.09. The highest BCUT2D eigenvalue weighted by atomic mass is 16.1. The van der Waals surface area contributed by atoms with Crippen LogP contribution < -0.4 is 16.6 Å². The Morgan fingerprint density at radius 2 is 2.43 bits per heavy atom. The number of nitrogens with two attached hydrogens (primary N) is 1. The number of rotatable bonds is 1. The summed E-state index contributed by atoms with van der Waals surface area (Å²) in [5.74, 6) is -0.103. The van der Waals surface area contributed by atoms with Gasteiger partial charge in [0.25, 0.3) is 11.5 Å². The number of hydrogen-bond donors (Lipinski definition) is 2. The van der Waals surface area contributed by atoms with E-state index in [1.807, 2.05) is 0 Å². The molecule has 1 aromatic rings. The van der Waals surface area contributed by atoms with Crippen LogP contribution in [-0.2, 0) is 13.1 Å². The lowest BCUT2D eigenvalue weighted by Crippen LogP contribution is -2.38. The van der Waals surface area contributed by atoms with Crippen molar-refractivity contribution in [2.75, 3.05) is 6.54 Å². The second-order valence-corrected chi connectivity index (χ2v) is 3.09. The van der Waals surface area contributed by atoms with Crippen LogP contribution in [-0.4, -0.2) is 22.0 Å². The van der Waals surface area contributed by atoms with E-state index in [0.29, 0.717) is 18.9 Å². The molecule has 0 spiro atoms. The van der Waals surface area contributed by atoms with Crippen molar-refractivity contribution < 1.29 is 4.79 Å². The first kappa shape index (κ1) is 8.89. The van der Waals surface area contributed by atoms with E-state index in [-0.39, 0.29) is 11.3 Å². The van der Waals surface area contributed by atoms with Crippen LogP contribution in [0.2, 0.25) is 0 Å². The molecule has 0 fully saturated rings. The molecule has 6 heteroatoms. The number of primary amides is 1. The van der Waals surface area contributed by atoms with Crippen LogP contribution in [0.25, 0.3) is 0 Å². The summed E-state index contributed by atoms with van der Waals surface area (Å²) in [7, 11) is 0. The Labute approximate surface area is 79.7 Å².